The highest BCUT2D eigenvalue weighted by molar-refractivity contribution is 6.30. The highest BCUT2D eigenvalue weighted by Crippen LogP contribution is 2.33. The molecule has 2 heterocycles. The molecule has 7 heteroatoms. The zero-order valence-electron chi connectivity index (χ0n) is 13.9. The number of nitrogens with one attached hydrogen (secondary N) is 1. The zero-order chi connectivity index (χ0) is 18.3. The second-order valence-electron chi connectivity index (χ2n) is 6.51. The highest BCUT2D eigenvalue weighted by Gasteiger charge is 2.26. The van der Waals surface area contributed by atoms with Crippen molar-refractivity contribution in [3.63, 3.8) is 0 Å². The summed E-state index contributed by atoms with van der Waals surface area (Å²) in [6.45, 7) is -0.117. The van der Waals surface area contributed by atoms with Gasteiger partial charge in [-0.15, -0.1) is 0 Å². The Morgan fingerprint density at radius 2 is 2.23 bits per heavy atom. The van der Waals surface area contributed by atoms with E-state index in [2.05, 4.69) is 10.3 Å². The van der Waals surface area contributed by atoms with E-state index in [4.69, 9.17) is 11.6 Å². The summed E-state index contributed by atoms with van der Waals surface area (Å²) < 4.78 is 15.6. The largest absolute Gasteiger partial charge is 0.480 e. The average Bonchev–Trinajstić information content (AvgIpc) is 2.89. The van der Waals surface area contributed by atoms with Gasteiger partial charge >= 0.3 is 5.97 Å². The van der Waals surface area contributed by atoms with Crippen LogP contribution in [0, 0.1) is 5.82 Å². The number of carbonyl (C=O) groups is 1. The van der Waals surface area contributed by atoms with Crippen molar-refractivity contribution in [1.82, 2.24) is 9.55 Å². The minimum Gasteiger partial charge on any atom is -0.480 e. The summed E-state index contributed by atoms with van der Waals surface area (Å²) in [6, 6.07) is 8.28. The Bertz CT molecular complexity index is 985. The van der Waals surface area contributed by atoms with Crippen LogP contribution in [-0.4, -0.2) is 26.7 Å². The van der Waals surface area contributed by atoms with Gasteiger partial charge in [-0.3, -0.25) is 4.79 Å². The minimum absolute atomic E-state index is 0.117. The maximum atomic E-state index is 13.8. The molecule has 5 nitrogen and oxygen atoms in total. The summed E-state index contributed by atoms with van der Waals surface area (Å²) >= 11 is 5.87. The monoisotopic (exact) mass is 373 g/mol. The normalized spacial score (nSPS) is 16.5. The van der Waals surface area contributed by atoms with E-state index in [9.17, 15) is 14.3 Å². The number of hydrogen-bond acceptors (Lipinski definition) is 3. The summed E-state index contributed by atoms with van der Waals surface area (Å²) in [5.41, 5.74) is 2.76. The number of nitrogens with zero attached hydrogens (tertiary/aromatic N) is 2. The van der Waals surface area contributed by atoms with E-state index in [0.717, 1.165) is 40.8 Å². The van der Waals surface area contributed by atoms with Gasteiger partial charge in [0, 0.05) is 28.8 Å². The molecule has 2 aromatic heterocycles. The van der Waals surface area contributed by atoms with Crippen LogP contribution in [0.15, 0.2) is 36.5 Å². The van der Waals surface area contributed by atoms with Crippen LogP contribution in [0.3, 0.4) is 0 Å². The quantitative estimate of drug-likeness (QED) is 0.728. The number of halogens is 2. The van der Waals surface area contributed by atoms with Gasteiger partial charge < -0.3 is 15.0 Å². The van der Waals surface area contributed by atoms with E-state index >= 15 is 0 Å². The second-order valence-corrected chi connectivity index (χ2v) is 6.95. The topological polar surface area (TPSA) is 67.2 Å². The Balaban J connectivity index is 1.69. The summed E-state index contributed by atoms with van der Waals surface area (Å²) in [4.78, 5) is 15.5. The standard InChI is InChI=1S/C19H17ClFN3O2/c20-11-1-6-18(22-9-11)23-13-3-5-17-15(8-13)14-7-12(21)2-4-16(14)24(17)10-19(25)26/h1-2,4,6-7,9,13H,3,5,8,10H2,(H,22,23)(H,25,26). The number of aromatic nitrogens is 2. The van der Waals surface area contributed by atoms with Crippen LogP contribution >= 0.6 is 11.6 Å². The first-order valence-corrected chi connectivity index (χ1v) is 8.78. The minimum atomic E-state index is -0.903. The van der Waals surface area contributed by atoms with Gasteiger partial charge in [0.1, 0.15) is 18.2 Å². The third-order valence-corrected chi connectivity index (χ3v) is 5.03. The van der Waals surface area contributed by atoms with Crippen molar-refractivity contribution < 1.29 is 14.3 Å². The summed E-state index contributed by atoms with van der Waals surface area (Å²) in [5, 5.41) is 14.0. The van der Waals surface area contributed by atoms with Gasteiger partial charge in [0.15, 0.2) is 0 Å². The molecule has 0 aliphatic heterocycles. The summed E-state index contributed by atoms with van der Waals surface area (Å²) in [5.74, 6) is -0.481. The molecule has 134 valence electrons. The van der Waals surface area contributed by atoms with Gasteiger partial charge in [0.2, 0.25) is 0 Å². The molecule has 2 N–H and O–H groups in total. The van der Waals surface area contributed by atoms with Gasteiger partial charge in [-0.1, -0.05) is 11.6 Å². The second kappa shape index (κ2) is 6.61. The van der Waals surface area contributed by atoms with Crippen molar-refractivity contribution in [2.75, 3.05) is 5.32 Å². The number of hydrogen-bond donors (Lipinski definition) is 2. The zero-order valence-corrected chi connectivity index (χ0v) is 14.6. The average molecular weight is 374 g/mol. The molecule has 0 fully saturated rings. The molecule has 1 atom stereocenters. The maximum absolute atomic E-state index is 13.8. The van der Waals surface area contributed by atoms with Crippen molar-refractivity contribution in [3.05, 3.63) is 58.6 Å². The molecule has 3 aromatic rings. The number of pyridine rings is 1. The summed E-state index contributed by atoms with van der Waals surface area (Å²) in [7, 11) is 0. The first kappa shape index (κ1) is 16.8. The van der Waals surface area contributed by atoms with Crippen molar-refractivity contribution in [2.45, 2.75) is 31.8 Å². The van der Waals surface area contributed by atoms with E-state index in [1.54, 1.807) is 22.9 Å². The van der Waals surface area contributed by atoms with Crippen molar-refractivity contribution in [2.24, 2.45) is 0 Å². The Kier molecular flexibility index (Phi) is 4.28. The molecular formula is C19H17ClFN3O2. The molecule has 1 unspecified atom stereocenters. The fourth-order valence-corrected chi connectivity index (χ4v) is 3.84. The molecule has 0 bridgehead atoms. The number of carboxylic acids is 1. The van der Waals surface area contributed by atoms with E-state index in [0.29, 0.717) is 11.4 Å². The van der Waals surface area contributed by atoms with Crippen LogP contribution in [0.5, 0.6) is 0 Å². The Morgan fingerprint density at radius 3 is 2.96 bits per heavy atom. The highest BCUT2D eigenvalue weighted by atomic mass is 35.5. The van der Waals surface area contributed by atoms with Gasteiger partial charge in [-0.2, -0.15) is 0 Å². The lowest BCUT2D eigenvalue weighted by atomic mass is 9.91. The lowest BCUT2D eigenvalue weighted by Gasteiger charge is -2.25. The van der Waals surface area contributed by atoms with E-state index in [-0.39, 0.29) is 18.4 Å². The first-order chi connectivity index (χ1) is 12.5. The molecule has 1 aromatic carbocycles. The van der Waals surface area contributed by atoms with E-state index in [1.807, 2.05) is 6.07 Å². The molecule has 0 radical (unpaired) electrons. The molecule has 26 heavy (non-hydrogen) atoms. The van der Waals surface area contributed by atoms with E-state index in [1.165, 1.54) is 12.1 Å². The predicted molar refractivity (Wildman–Crippen MR) is 98.2 cm³/mol. The smallest absolute Gasteiger partial charge is 0.323 e. The predicted octanol–water partition coefficient (Wildman–Crippen LogP) is 3.88. The molecule has 4 rings (SSSR count). The first-order valence-electron chi connectivity index (χ1n) is 8.40. The Hall–Kier alpha value is -2.60. The number of anilines is 1. The van der Waals surface area contributed by atoms with Crippen LogP contribution in [0.25, 0.3) is 10.9 Å². The van der Waals surface area contributed by atoms with E-state index < -0.39 is 5.97 Å². The van der Waals surface area contributed by atoms with Gasteiger partial charge in [0.25, 0.3) is 0 Å². The van der Waals surface area contributed by atoms with Crippen LogP contribution in [0.4, 0.5) is 10.2 Å². The number of benzene rings is 1. The van der Waals surface area contributed by atoms with Crippen molar-refractivity contribution in [1.29, 1.82) is 0 Å². The molecule has 0 saturated heterocycles. The fourth-order valence-electron chi connectivity index (χ4n) is 3.73. The SMILES string of the molecule is O=C(O)Cn1c2c(c3cc(F)ccc31)CC(Nc1ccc(Cl)cn1)CC2. The number of aliphatic carboxylic acids is 1. The Morgan fingerprint density at radius 1 is 1.38 bits per heavy atom. The molecule has 1 aliphatic carbocycles. The van der Waals surface area contributed by atoms with Crippen molar-refractivity contribution in [3.8, 4) is 0 Å². The van der Waals surface area contributed by atoms with Crippen LogP contribution in [0.1, 0.15) is 17.7 Å². The van der Waals surface area contributed by atoms with Gasteiger partial charge in [0.05, 0.1) is 5.02 Å². The summed E-state index contributed by atoms with van der Waals surface area (Å²) in [6.07, 6.45) is 3.85. The van der Waals surface area contributed by atoms with Crippen LogP contribution in [-0.2, 0) is 24.2 Å². The third-order valence-electron chi connectivity index (χ3n) is 4.80. The van der Waals surface area contributed by atoms with Crippen LogP contribution in [0.2, 0.25) is 5.02 Å². The number of fused-ring (bicyclic) bond motifs is 3. The molecule has 1 aliphatic rings. The number of carboxylic acid groups (broad SMARTS) is 1. The molecule has 0 spiro atoms. The lowest BCUT2D eigenvalue weighted by molar-refractivity contribution is -0.137. The molecular weight excluding hydrogens is 357 g/mol. The lowest BCUT2D eigenvalue weighted by Crippen LogP contribution is -2.28. The number of rotatable bonds is 4. The van der Waals surface area contributed by atoms with Gasteiger partial charge in [-0.05, 0) is 55.2 Å². The van der Waals surface area contributed by atoms with Crippen LogP contribution < -0.4 is 5.32 Å². The molecule has 0 saturated carbocycles. The third kappa shape index (κ3) is 3.12. The molecule has 0 amide bonds. The van der Waals surface area contributed by atoms with Crippen molar-refractivity contribution >= 4 is 34.3 Å². The maximum Gasteiger partial charge on any atom is 0.323 e. The fraction of sp³-hybridized carbons (Fsp3) is 0.263. The van der Waals surface area contributed by atoms with Gasteiger partial charge in [-0.25, -0.2) is 9.37 Å². The Labute approximate surface area is 154 Å².